The van der Waals surface area contributed by atoms with E-state index in [0.29, 0.717) is 22.6 Å². The number of hydrogen-bond acceptors (Lipinski definition) is 6. The van der Waals surface area contributed by atoms with E-state index in [1.807, 2.05) is 0 Å². The summed E-state index contributed by atoms with van der Waals surface area (Å²) in [6.45, 7) is -0.0715. The van der Waals surface area contributed by atoms with E-state index in [2.05, 4.69) is 5.92 Å². The number of methoxy groups -OCH3 is 1. The van der Waals surface area contributed by atoms with E-state index < -0.39 is 17.1 Å². The minimum absolute atomic E-state index is 0.0715. The molecular formula is C19H13NO5S. The number of carbonyl (C=O) groups is 3. The Morgan fingerprint density at radius 3 is 2.81 bits per heavy atom. The number of ether oxygens (including phenoxy) is 1. The molecule has 26 heavy (non-hydrogen) atoms. The van der Waals surface area contributed by atoms with Crippen LogP contribution in [0.25, 0.3) is 17.4 Å². The number of nitrogens with zero attached hydrogens (tertiary/aromatic N) is 1. The maximum Gasteiger partial charge on any atom is 0.338 e. The average Bonchev–Trinajstić information content (AvgIpc) is 3.22. The van der Waals surface area contributed by atoms with Crippen LogP contribution in [0.4, 0.5) is 4.79 Å². The van der Waals surface area contributed by atoms with Crippen molar-refractivity contribution in [3.63, 3.8) is 0 Å². The SMILES string of the molecule is C#CCN1C(=O)S/C(=C/c2ccc(-c3ccccc3C(=O)OC)o2)C1=O. The molecule has 1 fully saturated rings. The number of carbonyl (C=O) groups excluding carboxylic acids is 3. The molecule has 0 atom stereocenters. The van der Waals surface area contributed by atoms with Crippen molar-refractivity contribution in [1.82, 2.24) is 4.90 Å². The number of rotatable bonds is 4. The van der Waals surface area contributed by atoms with Gasteiger partial charge in [0.25, 0.3) is 11.1 Å². The third kappa shape index (κ3) is 3.27. The van der Waals surface area contributed by atoms with E-state index in [4.69, 9.17) is 15.6 Å². The predicted molar refractivity (Wildman–Crippen MR) is 97.0 cm³/mol. The maximum atomic E-state index is 12.2. The highest BCUT2D eigenvalue weighted by atomic mass is 32.2. The highest BCUT2D eigenvalue weighted by molar-refractivity contribution is 8.18. The van der Waals surface area contributed by atoms with E-state index in [0.717, 1.165) is 16.7 Å². The Morgan fingerprint density at radius 1 is 1.31 bits per heavy atom. The zero-order valence-electron chi connectivity index (χ0n) is 13.7. The Balaban J connectivity index is 1.91. The van der Waals surface area contributed by atoms with Gasteiger partial charge in [-0.2, -0.15) is 0 Å². The minimum atomic E-state index is -0.478. The summed E-state index contributed by atoms with van der Waals surface area (Å²) in [5, 5.41) is -0.415. The van der Waals surface area contributed by atoms with Crippen LogP contribution in [0, 0.1) is 12.3 Å². The van der Waals surface area contributed by atoms with E-state index in [9.17, 15) is 14.4 Å². The lowest BCUT2D eigenvalue weighted by Crippen LogP contribution is -2.28. The fourth-order valence-electron chi connectivity index (χ4n) is 2.42. The van der Waals surface area contributed by atoms with Gasteiger partial charge >= 0.3 is 5.97 Å². The van der Waals surface area contributed by atoms with Crippen LogP contribution >= 0.6 is 11.8 Å². The fraction of sp³-hybridized carbons (Fsp3) is 0.105. The molecule has 1 aliphatic heterocycles. The maximum absolute atomic E-state index is 12.2. The van der Waals surface area contributed by atoms with E-state index in [1.165, 1.54) is 13.2 Å². The van der Waals surface area contributed by atoms with Gasteiger partial charge in [-0.05, 0) is 30.0 Å². The molecule has 2 amide bonds. The van der Waals surface area contributed by atoms with Crippen molar-refractivity contribution >= 4 is 35.0 Å². The summed E-state index contributed by atoms with van der Waals surface area (Å²) < 4.78 is 10.5. The van der Waals surface area contributed by atoms with Crippen LogP contribution in [0.15, 0.2) is 45.7 Å². The van der Waals surface area contributed by atoms with Gasteiger partial charge < -0.3 is 9.15 Å². The highest BCUT2D eigenvalue weighted by Crippen LogP contribution is 2.33. The summed E-state index contributed by atoms with van der Waals surface area (Å²) in [4.78, 5) is 37.1. The molecule has 0 saturated carbocycles. The summed E-state index contributed by atoms with van der Waals surface area (Å²) >= 11 is 0.802. The van der Waals surface area contributed by atoms with Gasteiger partial charge in [-0.15, -0.1) is 6.42 Å². The molecule has 1 aliphatic rings. The van der Waals surface area contributed by atoms with Crippen molar-refractivity contribution in [2.75, 3.05) is 13.7 Å². The molecule has 1 saturated heterocycles. The lowest BCUT2D eigenvalue weighted by atomic mass is 10.1. The first-order valence-electron chi connectivity index (χ1n) is 7.51. The molecule has 2 heterocycles. The molecule has 7 heteroatoms. The van der Waals surface area contributed by atoms with Gasteiger partial charge in [0.1, 0.15) is 11.5 Å². The summed E-state index contributed by atoms with van der Waals surface area (Å²) in [5.74, 6) is 2.17. The second kappa shape index (κ2) is 7.33. The lowest BCUT2D eigenvalue weighted by molar-refractivity contribution is -0.122. The van der Waals surface area contributed by atoms with Crippen molar-refractivity contribution < 1.29 is 23.5 Å². The zero-order valence-corrected chi connectivity index (χ0v) is 14.5. The molecule has 3 rings (SSSR count). The second-order valence-corrected chi connectivity index (χ2v) is 6.20. The first-order valence-corrected chi connectivity index (χ1v) is 8.33. The normalized spacial score (nSPS) is 15.4. The van der Waals surface area contributed by atoms with Gasteiger partial charge in [0.2, 0.25) is 0 Å². The molecule has 0 aliphatic carbocycles. The Labute approximate surface area is 153 Å². The Kier molecular flexibility index (Phi) is 4.96. The summed E-state index contributed by atoms with van der Waals surface area (Å²) in [6, 6.07) is 10.2. The highest BCUT2D eigenvalue weighted by Gasteiger charge is 2.34. The Hall–Kier alpha value is -3.24. The van der Waals surface area contributed by atoms with Crippen molar-refractivity contribution in [3.8, 4) is 23.7 Å². The standard InChI is InChI=1S/C19H13NO5S/c1-3-10-20-17(21)16(26-19(20)23)11-12-8-9-15(25-12)13-6-4-5-7-14(13)18(22)24-2/h1,4-9,11H,10H2,2H3/b16-11+. The predicted octanol–water partition coefficient (Wildman–Crippen LogP) is 3.40. The monoisotopic (exact) mass is 367 g/mol. The van der Waals surface area contributed by atoms with Crippen molar-refractivity contribution in [2.45, 2.75) is 0 Å². The van der Waals surface area contributed by atoms with Crippen molar-refractivity contribution in [3.05, 3.63) is 52.6 Å². The first kappa shape index (κ1) is 17.6. The van der Waals surface area contributed by atoms with Crippen molar-refractivity contribution in [1.29, 1.82) is 0 Å². The summed E-state index contributed by atoms with van der Waals surface area (Å²) in [6.07, 6.45) is 6.65. The van der Waals surface area contributed by atoms with E-state index in [-0.39, 0.29) is 11.4 Å². The van der Waals surface area contributed by atoms with Gasteiger partial charge in [-0.25, -0.2) is 4.79 Å². The molecule has 130 valence electrons. The van der Waals surface area contributed by atoms with Crippen LogP contribution in [0.2, 0.25) is 0 Å². The molecule has 0 spiro atoms. The van der Waals surface area contributed by atoms with E-state index in [1.54, 1.807) is 36.4 Å². The molecule has 6 nitrogen and oxygen atoms in total. The molecule has 0 unspecified atom stereocenters. The molecule has 0 radical (unpaired) electrons. The van der Waals surface area contributed by atoms with Gasteiger partial charge in [0.05, 0.1) is 24.1 Å². The van der Waals surface area contributed by atoms with Crippen molar-refractivity contribution in [2.24, 2.45) is 0 Å². The second-order valence-electron chi connectivity index (χ2n) is 5.21. The number of furan rings is 1. The van der Waals surface area contributed by atoms with Crippen LogP contribution in [-0.2, 0) is 9.53 Å². The fourth-order valence-corrected chi connectivity index (χ4v) is 3.24. The number of benzene rings is 1. The number of hydrogen-bond donors (Lipinski definition) is 0. The third-order valence-corrected chi connectivity index (χ3v) is 4.53. The Morgan fingerprint density at radius 2 is 2.08 bits per heavy atom. The molecule has 2 aromatic rings. The molecule has 1 aromatic heterocycles. The quantitative estimate of drug-likeness (QED) is 0.468. The Bertz CT molecular complexity index is 966. The number of terminal acetylenes is 1. The summed E-state index contributed by atoms with van der Waals surface area (Å²) in [7, 11) is 1.30. The van der Waals surface area contributed by atoms with Crippen LogP contribution in [0.1, 0.15) is 16.1 Å². The lowest BCUT2D eigenvalue weighted by Gasteiger charge is -2.06. The number of imide groups is 1. The number of esters is 1. The average molecular weight is 367 g/mol. The van der Waals surface area contributed by atoms with Gasteiger partial charge in [0, 0.05) is 11.6 Å². The van der Waals surface area contributed by atoms with E-state index >= 15 is 0 Å². The number of amides is 2. The summed E-state index contributed by atoms with van der Waals surface area (Å²) in [5.41, 5.74) is 0.935. The molecule has 0 bridgehead atoms. The van der Waals surface area contributed by atoms with Gasteiger partial charge in [-0.1, -0.05) is 24.1 Å². The van der Waals surface area contributed by atoms with Crippen LogP contribution in [-0.4, -0.2) is 35.7 Å². The largest absolute Gasteiger partial charge is 0.465 e. The van der Waals surface area contributed by atoms with Gasteiger partial charge in [-0.3, -0.25) is 14.5 Å². The molecule has 1 aromatic carbocycles. The minimum Gasteiger partial charge on any atom is -0.465 e. The number of thioether (sulfide) groups is 1. The molecule has 0 N–H and O–H groups in total. The topological polar surface area (TPSA) is 76.8 Å². The van der Waals surface area contributed by atoms with Gasteiger partial charge in [0.15, 0.2) is 0 Å². The van der Waals surface area contributed by atoms with Crippen LogP contribution < -0.4 is 0 Å². The first-order chi connectivity index (χ1) is 12.5. The zero-order chi connectivity index (χ0) is 18.7. The smallest absolute Gasteiger partial charge is 0.338 e. The third-order valence-electron chi connectivity index (χ3n) is 3.62. The van der Waals surface area contributed by atoms with Crippen LogP contribution in [0.3, 0.4) is 0 Å². The van der Waals surface area contributed by atoms with Crippen LogP contribution in [0.5, 0.6) is 0 Å². The molecular weight excluding hydrogens is 354 g/mol.